The van der Waals surface area contributed by atoms with Crippen LogP contribution in [0.1, 0.15) is 39.5 Å². The molecule has 0 saturated carbocycles. The quantitative estimate of drug-likeness (QED) is 0.610. The number of hydrogen-bond donors (Lipinski definition) is 2. The monoisotopic (exact) mass is 198 g/mol. The number of nitrogens with two attached hydrogens (primary N) is 2. The minimum Gasteiger partial charge on any atom is -0.369 e. The standard InChI is InChI=1S/C11H22N2O/c1-4-7-11(8-5-2,10(13)14)9(12)6-3/h4,9H,1,5-8,12H2,2-3H3,(H2,13,14). The lowest BCUT2D eigenvalue weighted by atomic mass is 9.72. The molecule has 1 amide bonds. The van der Waals surface area contributed by atoms with Gasteiger partial charge in [-0.25, -0.2) is 0 Å². The van der Waals surface area contributed by atoms with Crippen LogP contribution >= 0.6 is 0 Å². The third-order valence-electron chi connectivity index (χ3n) is 2.85. The fraction of sp³-hybridized carbons (Fsp3) is 0.727. The molecule has 0 rings (SSSR count). The van der Waals surface area contributed by atoms with Gasteiger partial charge in [-0.1, -0.05) is 26.3 Å². The van der Waals surface area contributed by atoms with Crippen molar-refractivity contribution in [2.75, 3.05) is 0 Å². The average molecular weight is 198 g/mol. The van der Waals surface area contributed by atoms with Gasteiger partial charge in [0, 0.05) is 6.04 Å². The van der Waals surface area contributed by atoms with Gasteiger partial charge in [0.2, 0.25) is 5.91 Å². The van der Waals surface area contributed by atoms with Gasteiger partial charge >= 0.3 is 0 Å². The van der Waals surface area contributed by atoms with Crippen molar-refractivity contribution in [1.82, 2.24) is 0 Å². The third-order valence-corrected chi connectivity index (χ3v) is 2.85. The molecular weight excluding hydrogens is 176 g/mol. The molecule has 0 radical (unpaired) electrons. The van der Waals surface area contributed by atoms with Gasteiger partial charge in [-0.05, 0) is 19.3 Å². The zero-order valence-corrected chi connectivity index (χ0v) is 9.25. The summed E-state index contributed by atoms with van der Waals surface area (Å²) in [6.07, 6.45) is 4.71. The normalized spacial score (nSPS) is 17.1. The van der Waals surface area contributed by atoms with Crippen LogP contribution in [-0.4, -0.2) is 11.9 Å². The van der Waals surface area contributed by atoms with Crippen LogP contribution in [0.4, 0.5) is 0 Å². The number of rotatable bonds is 7. The van der Waals surface area contributed by atoms with Crippen molar-refractivity contribution < 1.29 is 4.79 Å². The maximum absolute atomic E-state index is 11.5. The summed E-state index contributed by atoms with van der Waals surface area (Å²) in [5, 5.41) is 0. The highest BCUT2D eigenvalue weighted by Crippen LogP contribution is 2.32. The van der Waals surface area contributed by atoms with E-state index >= 15 is 0 Å². The van der Waals surface area contributed by atoms with Crippen molar-refractivity contribution in [2.24, 2.45) is 16.9 Å². The maximum atomic E-state index is 11.5. The smallest absolute Gasteiger partial charge is 0.225 e. The number of carbonyl (C=O) groups is 1. The van der Waals surface area contributed by atoms with Crippen LogP contribution in [-0.2, 0) is 4.79 Å². The molecule has 2 unspecified atom stereocenters. The number of primary amides is 1. The summed E-state index contributed by atoms with van der Waals surface area (Å²) in [5.74, 6) is -0.298. The van der Waals surface area contributed by atoms with Crippen LogP contribution in [0.25, 0.3) is 0 Å². The molecule has 82 valence electrons. The molecule has 0 aromatic carbocycles. The molecule has 0 spiro atoms. The van der Waals surface area contributed by atoms with Crippen molar-refractivity contribution in [1.29, 1.82) is 0 Å². The number of amides is 1. The van der Waals surface area contributed by atoms with E-state index in [-0.39, 0.29) is 11.9 Å². The Morgan fingerprint density at radius 1 is 1.57 bits per heavy atom. The minimum absolute atomic E-state index is 0.169. The Morgan fingerprint density at radius 2 is 2.14 bits per heavy atom. The second kappa shape index (κ2) is 5.81. The van der Waals surface area contributed by atoms with Crippen LogP contribution in [0, 0.1) is 5.41 Å². The van der Waals surface area contributed by atoms with Gasteiger partial charge < -0.3 is 11.5 Å². The summed E-state index contributed by atoms with van der Waals surface area (Å²) in [5.41, 5.74) is 10.8. The highest BCUT2D eigenvalue weighted by molar-refractivity contribution is 5.81. The molecular formula is C11H22N2O. The maximum Gasteiger partial charge on any atom is 0.225 e. The van der Waals surface area contributed by atoms with Gasteiger partial charge in [0.1, 0.15) is 0 Å². The predicted molar refractivity (Wildman–Crippen MR) is 59.6 cm³/mol. The van der Waals surface area contributed by atoms with E-state index in [9.17, 15) is 4.79 Å². The van der Waals surface area contributed by atoms with Gasteiger partial charge in [0.25, 0.3) is 0 Å². The van der Waals surface area contributed by atoms with Gasteiger partial charge in [0.15, 0.2) is 0 Å². The highest BCUT2D eigenvalue weighted by Gasteiger charge is 2.39. The molecule has 4 N–H and O–H groups in total. The van der Waals surface area contributed by atoms with E-state index in [0.29, 0.717) is 6.42 Å². The van der Waals surface area contributed by atoms with Crippen LogP contribution < -0.4 is 11.5 Å². The zero-order chi connectivity index (χ0) is 11.2. The average Bonchev–Trinajstić information content (AvgIpc) is 2.15. The topological polar surface area (TPSA) is 69.1 Å². The van der Waals surface area contributed by atoms with Crippen LogP contribution in [0.5, 0.6) is 0 Å². The van der Waals surface area contributed by atoms with E-state index in [1.165, 1.54) is 0 Å². The Balaban J connectivity index is 4.91. The fourth-order valence-corrected chi connectivity index (χ4v) is 1.94. The summed E-state index contributed by atoms with van der Waals surface area (Å²) < 4.78 is 0. The molecule has 0 aliphatic heterocycles. The predicted octanol–water partition coefficient (Wildman–Crippen LogP) is 1.57. The van der Waals surface area contributed by atoms with E-state index in [1.54, 1.807) is 6.08 Å². The Bertz CT molecular complexity index is 203. The SMILES string of the molecule is C=CCC(CCC)(C(N)=O)C(N)CC. The zero-order valence-electron chi connectivity index (χ0n) is 9.25. The van der Waals surface area contributed by atoms with Gasteiger partial charge in [0.05, 0.1) is 5.41 Å². The Kier molecular flexibility index (Phi) is 5.46. The third kappa shape index (κ3) is 2.58. The van der Waals surface area contributed by atoms with Crippen LogP contribution in [0.15, 0.2) is 12.7 Å². The van der Waals surface area contributed by atoms with Gasteiger partial charge in [-0.2, -0.15) is 0 Å². The van der Waals surface area contributed by atoms with E-state index < -0.39 is 5.41 Å². The van der Waals surface area contributed by atoms with E-state index in [4.69, 9.17) is 11.5 Å². The molecule has 2 atom stereocenters. The van der Waals surface area contributed by atoms with Gasteiger partial charge in [-0.15, -0.1) is 6.58 Å². The molecule has 0 saturated heterocycles. The van der Waals surface area contributed by atoms with Crippen LogP contribution in [0.2, 0.25) is 0 Å². The lowest BCUT2D eigenvalue weighted by Crippen LogP contribution is -2.50. The van der Waals surface area contributed by atoms with Crippen molar-refractivity contribution in [3.63, 3.8) is 0 Å². The molecule has 0 bridgehead atoms. The first kappa shape index (κ1) is 13.2. The first-order chi connectivity index (χ1) is 6.55. The summed E-state index contributed by atoms with van der Waals surface area (Å²) in [7, 11) is 0. The molecule has 0 aliphatic carbocycles. The molecule has 3 nitrogen and oxygen atoms in total. The number of hydrogen-bond acceptors (Lipinski definition) is 2. The minimum atomic E-state index is -0.592. The summed E-state index contributed by atoms with van der Waals surface area (Å²) in [4.78, 5) is 11.5. The molecule has 0 aliphatic rings. The van der Waals surface area contributed by atoms with Crippen molar-refractivity contribution in [3.05, 3.63) is 12.7 Å². The first-order valence-electron chi connectivity index (χ1n) is 5.21. The fourth-order valence-electron chi connectivity index (χ4n) is 1.94. The first-order valence-corrected chi connectivity index (χ1v) is 5.21. The van der Waals surface area contributed by atoms with E-state index in [0.717, 1.165) is 19.3 Å². The summed E-state index contributed by atoms with van der Waals surface area (Å²) in [6, 6.07) is -0.169. The lowest BCUT2D eigenvalue weighted by molar-refractivity contribution is -0.129. The Hall–Kier alpha value is -0.830. The largest absolute Gasteiger partial charge is 0.369 e. The summed E-state index contributed by atoms with van der Waals surface area (Å²) >= 11 is 0. The van der Waals surface area contributed by atoms with Crippen molar-refractivity contribution >= 4 is 5.91 Å². The Labute approximate surface area is 86.5 Å². The molecule has 3 heteroatoms. The molecule has 0 aromatic heterocycles. The van der Waals surface area contributed by atoms with E-state index in [1.807, 2.05) is 13.8 Å². The lowest BCUT2D eigenvalue weighted by Gasteiger charge is -2.34. The molecule has 0 fully saturated rings. The molecule has 0 aromatic rings. The van der Waals surface area contributed by atoms with E-state index in [2.05, 4.69) is 6.58 Å². The van der Waals surface area contributed by atoms with Crippen LogP contribution in [0.3, 0.4) is 0 Å². The van der Waals surface area contributed by atoms with Crippen molar-refractivity contribution in [3.8, 4) is 0 Å². The highest BCUT2D eigenvalue weighted by atomic mass is 16.1. The molecule has 14 heavy (non-hydrogen) atoms. The summed E-state index contributed by atoms with van der Waals surface area (Å²) in [6.45, 7) is 7.67. The van der Waals surface area contributed by atoms with Crippen molar-refractivity contribution in [2.45, 2.75) is 45.6 Å². The second-order valence-corrected chi connectivity index (χ2v) is 3.78. The number of allylic oxidation sites excluding steroid dienone is 1. The molecule has 0 heterocycles. The second-order valence-electron chi connectivity index (χ2n) is 3.78. The number of carbonyl (C=O) groups excluding carboxylic acids is 1. The Morgan fingerprint density at radius 3 is 2.43 bits per heavy atom. The van der Waals surface area contributed by atoms with Gasteiger partial charge in [-0.3, -0.25) is 4.79 Å².